The highest BCUT2D eigenvalue weighted by molar-refractivity contribution is 7.10. The number of nitrogens with one attached hydrogen (secondary N) is 1. The molecule has 2 aromatic heterocycles. The maximum absolute atomic E-state index is 12.7. The minimum absolute atomic E-state index is 0.0103. The molecule has 0 bridgehead atoms. The summed E-state index contributed by atoms with van der Waals surface area (Å²) in [4.78, 5) is 13.8. The third-order valence-electron chi connectivity index (χ3n) is 4.20. The highest BCUT2D eigenvalue weighted by atomic mass is 32.1. The smallest absolute Gasteiger partial charge is 0.263 e. The number of nitrogens with zero attached hydrogens (tertiary/aromatic N) is 2. The second-order valence-electron chi connectivity index (χ2n) is 5.56. The second-order valence-corrected chi connectivity index (χ2v) is 6.54. The fraction of sp³-hybridized carbons (Fsp3) is 0.176. The third kappa shape index (κ3) is 2.14. The number of hydrazone groups is 1. The summed E-state index contributed by atoms with van der Waals surface area (Å²) in [7, 11) is 1.72. The van der Waals surface area contributed by atoms with Crippen molar-refractivity contribution in [3.8, 4) is 5.75 Å². The third-order valence-corrected chi connectivity index (χ3v) is 5.19. The Morgan fingerprint density at radius 3 is 2.91 bits per heavy atom. The van der Waals surface area contributed by atoms with E-state index in [-0.39, 0.29) is 22.9 Å². The first-order valence-electron chi connectivity index (χ1n) is 7.33. The van der Waals surface area contributed by atoms with Crippen molar-refractivity contribution in [2.24, 2.45) is 12.1 Å². The quantitative estimate of drug-likeness (QED) is 0.761. The van der Waals surface area contributed by atoms with Crippen LogP contribution in [0.25, 0.3) is 10.9 Å². The van der Waals surface area contributed by atoms with Crippen molar-refractivity contribution in [1.82, 2.24) is 9.99 Å². The summed E-state index contributed by atoms with van der Waals surface area (Å²) in [5.74, 6) is 0.0103. The molecule has 1 atom stereocenters. The molecule has 0 fully saturated rings. The van der Waals surface area contributed by atoms with E-state index in [0.717, 1.165) is 0 Å². The molecule has 3 aromatic rings. The van der Waals surface area contributed by atoms with Crippen LogP contribution in [-0.4, -0.2) is 15.4 Å². The van der Waals surface area contributed by atoms with Crippen LogP contribution in [0.15, 0.2) is 51.7 Å². The molecule has 1 aliphatic rings. The molecule has 0 spiro atoms. The van der Waals surface area contributed by atoms with Gasteiger partial charge in [-0.2, -0.15) is 5.10 Å². The lowest BCUT2D eigenvalue weighted by Crippen LogP contribution is -2.24. The molecule has 0 aliphatic carbocycles. The fourth-order valence-electron chi connectivity index (χ4n) is 2.99. The molecule has 0 unspecified atom stereocenters. The molecule has 0 radical (unpaired) electrons. The van der Waals surface area contributed by atoms with Gasteiger partial charge >= 0.3 is 0 Å². The summed E-state index contributed by atoms with van der Waals surface area (Å²) in [5, 5.41) is 17.6. The standard InChI is InChI=1S/C17H15N3O2S/c1-20-13-6-3-2-5-10(13)16(21)15(17(20)22)12-9-11(18-19-12)14-7-4-8-23-14/h2-8,11,18,21H,9H2,1H3/t11-/m1/s1. The number of thiophene rings is 1. The van der Waals surface area contributed by atoms with Gasteiger partial charge in [0.2, 0.25) is 0 Å². The number of benzene rings is 1. The van der Waals surface area contributed by atoms with Crippen LogP contribution in [0.4, 0.5) is 0 Å². The summed E-state index contributed by atoms with van der Waals surface area (Å²) in [5.41, 5.74) is 4.44. The van der Waals surface area contributed by atoms with E-state index < -0.39 is 0 Å². The van der Waals surface area contributed by atoms with Gasteiger partial charge in [0.05, 0.1) is 17.3 Å². The number of para-hydroxylation sites is 1. The number of rotatable bonds is 2. The zero-order chi connectivity index (χ0) is 16.0. The molecule has 0 amide bonds. The van der Waals surface area contributed by atoms with Gasteiger partial charge in [0.25, 0.3) is 5.56 Å². The van der Waals surface area contributed by atoms with Crippen LogP contribution < -0.4 is 11.0 Å². The number of hydrogen-bond donors (Lipinski definition) is 2. The summed E-state index contributed by atoms with van der Waals surface area (Å²) >= 11 is 1.65. The monoisotopic (exact) mass is 325 g/mol. The average Bonchev–Trinajstić information content (AvgIpc) is 3.24. The summed E-state index contributed by atoms with van der Waals surface area (Å²) in [6.45, 7) is 0. The van der Waals surface area contributed by atoms with Crippen LogP contribution in [-0.2, 0) is 7.05 Å². The van der Waals surface area contributed by atoms with E-state index in [1.165, 1.54) is 4.88 Å². The van der Waals surface area contributed by atoms with Crippen molar-refractivity contribution in [1.29, 1.82) is 0 Å². The normalized spacial score (nSPS) is 17.3. The highest BCUT2D eigenvalue weighted by Crippen LogP contribution is 2.32. The summed E-state index contributed by atoms with van der Waals surface area (Å²) in [6, 6.07) is 11.4. The van der Waals surface area contributed by atoms with Gasteiger partial charge in [-0.05, 0) is 23.6 Å². The number of fused-ring (bicyclic) bond motifs is 1. The average molecular weight is 325 g/mol. The van der Waals surface area contributed by atoms with E-state index >= 15 is 0 Å². The molecule has 0 saturated heterocycles. The Morgan fingerprint density at radius 1 is 1.30 bits per heavy atom. The maximum Gasteiger partial charge on any atom is 0.263 e. The maximum atomic E-state index is 12.7. The van der Waals surface area contributed by atoms with Gasteiger partial charge in [-0.25, -0.2) is 0 Å². The summed E-state index contributed by atoms with van der Waals surface area (Å²) < 4.78 is 1.56. The van der Waals surface area contributed by atoms with Gasteiger partial charge in [0.1, 0.15) is 11.3 Å². The van der Waals surface area contributed by atoms with E-state index in [0.29, 0.717) is 23.0 Å². The van der Waals surface area contributed by atoms with E-state index in [2.05, 4.69) is 10.5 Å². The van der Waals surface area contributed by atoms with Gasteiger partial charge in [0, 0.05) is 23.7 Å². The second kappa shape index (κ2) is 5.24. The number of pyridine rings is 1. The van der Waals surface area contributed by atoms with E-state index in [1.54, 1.807) is 23.0 Å². The molecule has 116 valence electrons. The molecule has 1 aromatic carbocycles. The molecule has 0 saturated carbocycles. The minimum Gasteiger partial charge on any atom is -0.506 e. The van der Waals surface area contributed by atoms with Crippen molar-refractivity contribution in [3.05, 3.63) is 62.6 Å². The van der Waals surface area contributed by atoms with Crippen LogP contribution >= 0.6 is 11.3 Å². The van der Waals surface area contributed by atoms with Crippen LogP contribution in [0.5, 0.6) is 5.75 Å². The number of aromatic nitrogens is 1. The molecule has 5 nitrogen and oxygen atoms in total. The van der Waals surface area contributed by atoms with Crippen molar-refractivity contribution in [3.63, 3.8) is 0 Å². The molecule has 4 rings (SSSR count). The molecule has 23 heavy (non-hydrogen) atoms. The van der Waals surface area contributed by atoms with Gasteiger partial charge < -0.3 is 15.1 Å². The van der Waals surface area contributed by atoms with Gasteiger partial charge in [0.15, 0.2) is 0 Å². The fourth-order valence-corrected chi connectivity index (χ4v) is 3.76. The van der Waals surface area contributed by atoms with Crippen molar-refractivity contribution < 1.29 is 5.11 Å². The van der Waals surface area contributed by atoms with Crippen LogP contribution in [0.2, 0.25) is 0 Å². The Balaban J connectivity index is 1.83. The van der Waals surface area contributed by atoms with Crippen LogP contribution in [0.1, 0.15) is 22.9 Å². The zero-order valence-corrected chi connectivity index (χ0v) is 13.3. The predicted octanol–water partition coefficient (Wildman–Crippen LogP) is 2.74. The van der Waals surface area contributed by atoms with Crippen molar-refractivity contribution >= 4 is 28.0 Å². The van der Waals surface area contributed by atoms with Crippen molar-refractivity contribution in [2.75, 3.05) is 0 Å². The molecule has 6 heteroatoms. The molecule has 3 heterocycles. The van der Waals surface area contributed by atoms with Crippen molar-refractivity contribution in [2.45, 2.75) is 12.5 Å². The molecular weight excluding hydrogens is 310 g/mol. The first-order chi connectivity index (χ1) is 11.2. The predicted molar refractivity (Wildman–Crippen MR) is 92.2 cm³/mol. The van der Waals surface area contributed by atoms with E-state index in [9.17, 15) is 9.90 Å². The minimum atomic E-state index is -0.228. The lowest BCUT2D eigenvalue weighted by Gasteiger charge is -2.11. The largest absolute Gasteiger partial charge is 0.506 e. The van der Waals surface area contributed by atoms with Gasteiger partial charge in [-0.15, -0.1) is 11.3 Å². The Morgan fingerprint density at radius 2 is 2.13 bits per heavy atom. The molecule has 1 aliphatic heterocycles. The van der Waals surface area contributed by atoms with E-state index in [1.807, 2.05) is 41.8 Å². The van der Waals surface area contributed by atoms with Gasteiger partial charge in [-0.3, -0.25) is 4.79 Å². The molecule has 2 N–H and O–H groups in total. The van der Waals surface area contributed by atoms with Crippen LogP contribution in [0, 0.1) is 0 Å². The number of hydrogen-bond acceptors (Lipinski definition) is 5. The Labute approximate surface area is 136 Å². The lowest BCUT2D eigenvalue weighted by atomic mass is 10.0. The topological polar surface area (TPSA) is 66.6 Å². The lowest BCUT2D eigenvalue weighted by molar-refractivity contribution is 0.478. The number of aryl methyl sites for hydroxylation is 1. The first-order valence-corrected chi connectivity index (χ1v) is 8.21. The summed E-state index contributed by atoms with van der Waals surface area (Å²) in [6.07, 6.45) is 0.585. The SMILES string of the molecule is Cn1c(=O)c(C2=NN[C@@H](c3cccs3)C2)c(O)c2ccccc21. The first kappa shape index (κ1) is 14.0. The molecular formula is C17H15N3O2S. The highest BCUT2D eigenvalue weighted by Gasteiger charge is 2.27. The Hall–Kier alpha value is -2.60. The number of aromatic hydroxyl groups is 1. The van der Waals surface area contributed by atoms with Gasteiger partial charge in [-0.1, -0.05) is 18.2 Å². The van der Waals surface area contributed by atoms with Crippen LogP contribution in [0.3, 0.4) is 0 Å². The Kier molecular flexibility index (Phi) is 3.20. The Bertz CT molecular complexity index is 973. The van der Waals surface area contributed by atoms with E-state index in [4.69, 9.17) is 0 Å². The zero-order valence-electron chi connectivity index (χ0n) is 12.5.